The maximum absolute atomic E-state index is 15.0. The number of fused-ring (bicyclic) bond motifs is 2. The normalized spacial score (nSPS) is 21.1. The van der Waals surface area contributed by atoms with E-state index in [1.54, 1.807) is 72.3 Å². The molecule has 0 unspecified atom stereocenters. The molecule has 4 aliphatic rings. The number of hydrogen-bond donors (Lipinski definition) is 3. The number of nitriles is 2. The van der Waals surface area contributed by atoms with Gasteiger partial charge in [0.25, 0.3) is 11.8 Å². The fourth-order valence-electron chi connectivity index (χ4n) is 9.47. The van der Waals surface area contributed by atoms with E-state index in [9.17, 15) is 39.5 Å². The number of hydrogen-bond acceptors (Lipinski definition) is 16. The van der Waals surface area contributed by atoms with Gasteiger partial charge in [0.15, 0.2) is 11.6 Å². The van der Waals surface area contributed by atoms with E-state index in [1.165, 1.54) is 58.9 Å². The molecule has 0 aliphatic carbocycles. The quantitative estimate of drug-likeness (QED) is 0.177. The number of aliphatic hydroxyl groups is 2. The van der Waals surface area contributed by atoms with E-state index < -0.39 is 46.5 Å². The summed E-state index contributed by atoms with van der Waals surface area (Å²) in [5.74, 6) is -1.04. The largest absolute Gasteiger partial charge is 0.443 e. The predicted molar refractivity (Wildman–Crippen MR) is 257 cm³/mol. The first-order chi connectivity index (χ1) is 34.6. The Balaban J connectivity index is 0.000000183. The first-order valence-electron chi connectivity index (χ1n) is 23.1. The second-order valence-corrected chi connectivity index (χ2v) is 19.5. The van der Waals surface area contributed by atoms with Crippen LogP contribution in [0.4, 0.5) is 25.2 Å². The number of imide groups is 1. The number of amides is 3. The lowest BCUT2D eigenvalue weighted by Gasteiger charge is -2.23. The van der Waals surface area contributed by atoms with E-state index in [1.807, 2.05) is 21.9 Å². The van der Waals surface area contributed by atoms with Crippen molar-refractivity contribution >= 4 is 29.5 Å². The number of anilines is 2. The molecule has 2 aromatic carbocycles. The molecule has 4 atom stereocenters. The van der Waals surface area contributed by atoms with Crippen LogP contribution in [-0.4, -0.2) is 132 Å². The molecular weight excluding hydrogens is 947 g/mol. The van der Waals surface area contributed by atoms with Crippen LogP contribution in [0.15, 0.2) is 73.1 Å². The topological polar surface area (TPSA) is 250 Å². The first kappa shape index (κ1) is 49.8. The fraction of sp³-hybridized carbons (Fsp3) is 0.353. The summed E-state index contributed by atoms with van der Waals surface area (Å²) >= 11 is 0. The molecular formula is C51H50F2N12O8. The number of benzene rings is 2. The van der Waals surface area contributed by atoms with E-state index in [4.69, 9.17) is 14.2 Å². The number of pyridine rings is 2. The van der Waals surface area contributed by atoms with Crippen LogP contribution in [0.2, 0.25) is 0 Å². The highest BCUT2D eigenvalue weighted by Gasteiger charge is 2.45. The molecule has 20 nitrogen and oxygen atoms in total. The van der Waals surface area contributed by atoms with Gasteiger partial charge in [0, 0.05) is 51.8 Å². The molecule has 0 spiro atoms. The molecule has 22 heteroatoms. The number of carbonyl (C=O) groups excluding carboxylic acids is 3. The Morgan fingerprint density at radius 2 is 1.23 bits per heavy atom. The van der Waals surface area contributed by atoms with Gasteiger partial charge in [0.05, 0.1) is 106 Å². The van der Waals surface area contributed by atoms with Gasteiger partial charge in [-0.1, -0.05) is 12.1 Å². The smallest absolute Gasteiger partial charge is 0.417 e. The van der Waals surface area contributed by atoms with Gasteiger partial charge in [-0.15, -0.1) is 0 Å². The van der Waals surface area contributed by atoms with Gasteiger partial charge in [0.1, 0.15) is 40.6 Å². The Labute approximate surface area is 417 Å². The number of nitrogens with zero attached hydrogens (tertiary/aromatic N) is 11. The molecule has 4 aromatic heterocycles. The average molecular weight is 997 g/mol. The number of ether oxygens (including phenoxy) is 3. The van der Waals surface area contributed by atoms with Crippen LogP contribution in [0.3, 0.4) is 0 Å². The Hall–Kier alpha value is -8.15. The van der Waals surface area contributed by atoms with Crippen LogP contribution >= 0.6 is 0 Å². The lowest BCUT2D eigenvalue weighted by molar-refractivity contribution is -0.0473. The third-order valence-corrected chi connectivity index (χ3v) is 13.0. The Morgan fingerprint density at radius 3 is 1.68 bits per heavy atom. The Morgan fingerprint density at radius 1 is 0.753 bits per heavy atom. The zero-order chi connectivity index (χ0) is 52.3. The van der Waals surface area contributed by atoms with Gasteiger partial charge in [-0.25, -0.2) is 37.8 Å². The maximum atomic E-state index is 15.0. The van der Waals surface area contributed by atoms with E-state index >= 15 is 4.39 Å². The summed E-state index contributed by atoms with van der Waals surface area (Å²) in [4.78, 5) is 52.7. The fourth-order valence-corrected chi connectivity index (χ4v) is 9.47. The van der Waals surface area contributed by atoms with Crippen LogP contribution in [0.25, 0.3) is 33.9 Å². The lowest BCUT2D eigenvalue weighted by Crippen LogP contribution is -2.39. The average Bonchev–Trinajstić information content (AvgIpc) is 4.22. The number of aromatic nitrogens is 6. The summed E-state index contributed by atoms with van der Waals surface area (Å²) in [6.07, 6.45) is 1.69. The second kappa shape index (κ2) is 18.8. The number of carbonyl (C=O) groups is 3. The summed E-state index contributed by atoms with van der Waals surface area (Å²) in [7, 11) is 3.09. The summed E-state index contributed by atoms with van der Waals surface area (Å²) in [5, 5.41) is 52.4. The molecule has 2 fully saturated rings. The molecule has 376 valence electrons. The first-order valence-corrected chi connectivity index (χ1v) is 23.1. The Kier molecular flexibility index (Phi) is 12.8. The molecule has 8 heterocycles. The van der Waals surface area contributed by atoms with Crippen molar-refractivity contribution in [1.29, 1.82) is 10.5 Å². The SMILES string of the molecule is CO[C@H]1CN(c2ccn(-c3cc(-c4c(F)cccc4C#N)nc4c3C(=O)N(C(=O)OC(C)(C)C)C4)n2)C[C@@]1(C)O.CO[C@H]1CN(c2ccn(-c3cc(-c4c(F)cccc4C#N)nc4c3C(=O)NC4)n2)C[C@@]1(C)O. The van der Waals surface area contributed by atoms with Crippen LogP contribution in [0.1, 0.15) is 77.8 Å². The van der Waals surface area contributed by atoms with Crippen LogP contribution in [0, 0.1) is 34.3 Å². The van der Waals surface area contributed by atoms with E-state index in [2.05, 4.69) is 25.5 Å². The van der Waals surface area contributed by atoms with Gasteiger partial charge < -0.3 is 39.5 Å². The van der Waals surface area contributed by atoms with Gasteiger partial charge >= 0.3 is 6.09 Å². The molecule has 4 aliphatic heterocycles. The van der Waals surface area contributed by atoms with Crippen molar-refractivity contribution in [3.8, 4) is 46.0 Å². The number of methoxy groups -OCH3 is 2. The van der Waals surface area contributed by atoms with Crippen molar-refractivity contribution in [3.05, 3.63) is 118 Å². The molecule has 3 amide bonds. The highest BCUT2D eigenvalue weighted by Crippen LogP contribution is 2.37. The van der Waals surface area contributed by atoms with Gasteiger partial charge in [-0.2, -0.15) is 20.7 Å². The number of β-amino-alcohol motifs (C(OH)–C–C–N with tert-alkyl or cyclic N) is 2. The highest BCUT2D eigenvalue weighted by molar-refractivity contribution is 6.09. The molecule has 10 rings (SSSR count). The number of rotatable bonds is 8. The zero-order valence-electron chi connectivity index (χ0n) is 40.8. The molecule has 2 saturated heterocycles. The molecule has 6 aromatic rings. The van der Waals surface area contributed by atoms with Crippen molar-refractivity contribution in [2.75, 3.05) is 50.2 Å². The molecule has 0 bridgehead atoms. The van der Waals surface area contributed by atoms with Crippen molar-refractivity contribution in [1.82, 2.24) is 39.7 Å². The lowest BCUT2D eigenvalue weighted by atomic mass is 10.0. The van der Waals surface area contributed by atoms with Crippen LogP contribution in [-0.2, 0) is 27.3 Å². The van der Waals surface area contributed by atoms with Gasteiger partial charge in [-0.05, 0) is 71.0 Å². The summed E-state index contributed by atoms with van der Waals surface area (Å²) in [5.41, 5.74) is -0.499. The third kappa shape index (κ3) is 9.32. The zero-order valence-corrected chi connectivity index (χ0v) is 40.8. The van der Waals surface area contributed by atoms with Crippen molar-refractivity contribution < 1.29 is 47.6 Å². The minimum absolute atomic E-state index is 0.0249. The van der Waals surface area contributed by atoms with Gasteiger partial charge in [0.2, 0.25) is 0 Å². The van der Waals surface area contributed by atoms with Crippen LogP contribution < -0.4 is 15.1 Å². The molecule has 73 heavy (non-hydrogen) atoms. The molecule has 3 N–H and O–H groups in total. The minimum atomic E-state index is -1.09. The third-order valence-electron chi connectivity index (χ3n) is 13.0. The van der Waals surface area contributed by atoms with Crippen molar-refractivity contribution in [3.63, 3.8) is 0 Å². The molecule has 0 saturated carbocycles. The van der Waals surface area contributed by atoms with E-state index in [-0.39, 0.29) is 82.2 Å². The maximum Gasteiger partial charge on any atom is 0.417 e. The Bertz CT molecular complexity index is 3300. The monoisotopic (exact) mass is 996 g/mol. The van der Waals surface area contributed by atoms with Crippen LogP contribution in [0.5, 0.6) is 0 Å². The summed E-state index contributed by atoms with van der Waals surface area (Å²) in [6.45, 7) is 9.94. The standard InChI is InChI=1S/C28H29FN6O5.C23H21FN6O3/c1-27(2,3)40-26(37)34-13-19-24(25(34)36)20(11-18(31-19)23-16(12-30)7-6-8-17(23)29)35-10-9-22(32-35)33-14-21(39-5)28(4,38)15-33;1-23(32)12-29(11-18(23)33-2)19-6-7-30(28-19)17-8-15(27-16-10-26-22(31)21(16)17)20-13(9-25)4-3-5-14(20)24/h6-11,21,38H,13-15H2,1-5H3;3-8,18,32H,10-12H2,1-2H3,(H,26,31)/t21-,28+;18-,23+/m00/s1. The predicted octanol–water partition coefficient (Wildman–Crippen LogP) is 5.20. The second-order valence-electron chi connectivity index (χ2n) is 19.5. The molecule has 0 radical (unpaired) electrons. The number of halogens is 2. The van der Waals surface area contributed by atoms with E-state index in [0.29, 0.717) is 48.2 Å². The van der Waals surface area contributed by atoms with Crippen molar-refractivity contribution in [2.24, 2.45) is 0 Å². The minimum Gasteiger partial charge on any atom is -0.443 e. The highest BCUT2D eigenvalue weighted by atomic mass is 19.1. The van der Waals surface area contributed by atoms with E-state index in [0.717, 1.165) is 4.90 Å². The number of nitrogens with one attached hydrogen (secondary N) is 1. The van der Waals surface area contributed by atoms with Gasteiger partial charge in [-0.3, -0.25) is 9.59 Å². The van der Waals surface area contributed by atoms with Crippen molar-refractivity contribution in [2.45, 2.75) is 76.7 Å². The summed E-state index contributed by atoms with van der Waals surface area (Å²) < 4.78 is 48.9. The summed E-state index contributed by atoms with van der Waals surface area (Å²) in [6, 6.07) is 18.9.